The molecule has 1 aromatic rings. The molecule has 0 radical (unpaired) electrons. The Kier molecular flexibility index (Phi) is 3.25. The van der Waals surface area contributed by atoms with Gasteiger partial charge in [-0.2, -0.15) is 0 Å². The summed E-state index contributed by atoms with van der Waals surface area (Å²) in [6.45, 7) is 5.71. The topological polar surface area (TPSA) is 44.1 Å². The summed E-state index contributed by atoms with van der Waals surface area (Å²) < 4.78 is 6.50. The first-order valence-corrected chi connectivity index (χ1v) is 4.06. The van der Waals surface area contributed by atoms with E-state index in [0.29, 0.717) is 6.61 Å². The number of rotatable bonds is 4. The predicted octanol–water partition coefficient (Wildman–Crippen LogP) is 1.17. The van der Waals surface area contributed by atoms with Gasteiger partial charge >= 0.3 is 5.97 Å². The Morgan fingerprint density at radius 2 is 2.62 bits per heavy atom. The van der Waals surface area contributed by atoms with Crippen molar-refractivity contribution in [2.24, 2.45) is 0 Å². The number of hydrogen-bond acceptors (Lipinski definition) is 3. The lowest BCUT2D eigenvalue weighted by atomic mass is 10.3. The lowest BCUT2D eigenvalue weighted by Crippen LogP contribution is -2.18. The highest BCUT2D eigenvalue weighted by Crippen LogP contribution is 2.08. The summed E-state index contributed by atoms with van der Waals surface area (Å²) in [5.74, 6) is -0.310. The van der Waals surface area contributed by atoms with E-state index in [4.69, 9.17) is 4.74 Å². The fourth-order valence-corrected chi connectivity index (χ4v) is 1.00. The summed E-state index contributed by atoms with van der Waals surface area (Å²) in [6, 6.07) is -0.470. The van der Waals surface area contributed by atoms with Crippen LogP contribution in [0.2, 0.25) is 0 Å². The highest BCUT2D eigenvalue weighted by molar-refractivity contribution is 5.76. The molecule has 1 unspecified atom stereocenters. The number of esters is 1. The van der Waals surface area contributed by atoms with Crippen molar-refractivity contribution in [1.29, 1.82) is 0 Å². The molecule has 0 fully saturated rings. The second-order valence-corrected chi connectivity index (χ2v) is 2.44. The lowest BCUT2D eigenvalue weighted by molar-refractivity contribution is -0.145. The van der Waals surface area contributed by atoms with Gasteiger partial charge in [-0.1, -0.05) is 6.08 Å². The van der Waals surface area contributed by atoms with Crippen molar-refractivity contribution in [2.45, 2.75) is 13.0 Å². The minimum atomic E-state index is -0.470. The van der Waals surface area contributed by atoms with Crippen LogP contribution in [0.1, 0.15) is 13.0 Å². The molecular weight excluding hydrogens is 168 g/mol. The SMILES string of the molecule is C=CC(C(=O)OCC)n1ccnc1. The lowest BCUT2D eigenvalue weighted by Gasteiger charge is -2.11. The maximum Gasteiger partial charge on any atom is 0.333 e. The maximum atomic E-state index is 11.3. The Balaban J connectivity index is 2.74. The van der Waals surface area contributed by atoms with Gasteiger partial charge in [0.05, 0.1) is 12.9 Å². The van der Waals surface area contributed by atoms with Crippen LogP contribution >= 0.6 is 0 Å². The van der Waals surface area contributed by atoms with Gasteiger partial charge < -0.3 is 9.30 Å². The monoisotopic (exact) mass is 180 g/mol. The number of ether oxygens (including phenoxy) is 1. The molecule has 4 heteroatoms. The van der Waals surface area contributed by atoms with Gasteiger partial charge in [-0.05, 0) is 6.92 Å². The third-order valence-corrected chi connectivity index (χ3v) is 1.60. The van der Waals surface area contributed by atoms with Crippen molar-refractivity contribution in [3.63, 3.8) is 0 Å². The Hall–Kier alpha value is -1.58. The molecule has 13 heavy (non-hydrogen) atoms. The van der Waals surface area contributed by atoms with E-state index in [2.05, 4.69) is 11.6 Å². The third kappa shape index (κ3) is 2.18. The van der Waals surface area contributed by atoms with Crippen LogP contribution in [-0.4, -0.2) is 22.1 Å². The number of imidazole rings is 1. The average Bonchev–Trinajstić information content (AvgIpc) is 2.59. The number of nitrogens with zero attached hydrogens (tertiary/aromatic N) is 2. The van der Waals surface area contributed by atoms with Crippen LogP contribution in [0.5, 0.6) is 0 Å². The van der Waals surface area contributed by atoms with E-state index in [1.54, 1.807) is 30.2 Å². The van der Waals surface area contributed by atoms with E-state index in [9.17, 15) is 4.79 Å². The fraction of sp³-hybridized carbons (Fsp3) is 0.333. The van der Waals surface area contributed by atoms with E-state index in [-0.39, 0.29) is 5.97 Å². The molecule has 1 atom stereocenters. The normalized spacial score (nSPS) is 12.1. The second-order valence-electron chi connectivity index (χ2n) is 2.44. The quantitative estimate of drug-likeness (QED) is 0.516. The summed E-state index contributed by atoms with van der Waals surface area (Å²) in [7, 11) is 0. The Labute approximate surface area is 76.8 Å². The van der Waals surface area contributed by atoms with Crippen LogP contribution in [0.4, 0.5) is 0 Å². The number of carbonyl (C=O) groups excluding carboxylic acids is 1. The molecule has 0 saturated carbocycles. The smallest absolute Gasteiger partial charge is 0.333 e. The first kappa shape index (κ1) is 9.51. The van der Waals surface area contributed by atoms with E-state index in [1.165, 1.54) is 6.08 Å². The van der Waals surface area contributed by atoms with Crippen molar-refractivity contribution in [1.82, 2.24) is 9.55 Å². The minimum absolute atomic E-state index is 0.310. The van der Waals surface area contributed by atoms with Crippen LogP contribution in [0.15, 0.2) is 31.4 Å². The minimum Gasteiger partial charge on any atom is -0.464 e. The van der Waals surface area contributed by atoms with Crippen LogP contribution < -0.4 is 0 Å². The molecule has 0 bridgehead atoms. The molecule has 1 heterocycles. The van der Waals surface area contributed by atoms with Crippen molar-refractivity contribution < 1.29 is 9.53 Å². The zero-order chi connectivity index (χ0) is 9.68. The zero-order valence-electron chi connectivity index (χ0n) is 7.51. The fourth-order valence-electron chi connectivity index (χ4n) is 1.00. The molecule has 0 aromatic carbocycles. The third-order valence-electron chi connectivity index (χ3n) is 1.60. The molecule has 0 N–H and O–H groups in total. The standard InChI is InChI=1S/C9H12N2O2/c1-3-8(9(12)13-4-2)11-6-5-10-7-11/h3,5-8H,1,4H2,2H3. The molecule has 0 spiro atoms. The number of hydrogen-bond donors (Lipinski definition) is 0. The van der Waals surface area contributed by atoms with Gasteiger partial charge in [-0.25, -0.2) is 9.78 Å². The van der Waals surface area contributed by atoms with Crippen LogP contribution in [-0.2, 0) is 9.53 Å². The van der Waals surface area contributed by atoms with Gasteiger partial charge in [0.15, 0.2) is 0 Å². The summed E-state index contributed by atoms with van der Waals surface area (Å²) in [4.78, 5) is 15.2. The Morgan fingerprint density at radius 1 is 1.85 bits per heavy atom. The molecule has 70 valence electrons. The molecular formula is C9H12N2O2. The molecule has 0 aliphatic rings. The Morgan fingerprint density at radius 3 is 3.08 bits per heavy atom. The highest BCUT2D eigenvalue weighted by atomic mass is 16.5. The average molecular weight is 180 g/mol. The van der Waals surface area contributed by atoms with Gasteiger partial charge in [0.25, 0.3) is 0 Å². The first-order chi connectivity index (χ1) is 6.29. The van der Waals surface area contributed by atoms with Crippen LogP contribution in [0.3, 0.4) is 0 Å². The molecule has 4 nitrogen and oxygen atoms in total. The molecule has 1 aromatic heterocycles. The van der Waals surface area contributed by atoms with Crippen molar-refractivity contribution >= 4 is 5.97 Å². The van der Waals surface area contributed by atoms with E-state index < -0.39 is 6.04 Å². The van der Waals surface area contributed by atoms with Gasteiger partial charge in [-0.3, -0.25) is 0 Å². The van der Waals surface area contributed by atoms with Gasteiger partial charge in [0.2, 0.25) is 0 Å². The summed E-state index contributed by atoms with van der Waals surface area (Å²) in [5.41, 5.74) is 0. The van der Waals surface area contributed by atoms with Gasteiger partial charge in [-0.15, -0.1) is 6.58 Å². The van der Waals surface area contributed by atoms with Gasteiger partial charge in [0.1, 0.15) is 6.04 Å². The van der Waals surface area contributed by atoms with E-state index in [0.717, 1.165) is 0 Å². The van der Waals surface area contributed by atoms with Crippen molar-refractivity contribution in [3.8, 4) is 0 Å². The number of aromatic nitrogens is 2. The molecule has 1 rings (SSSR count). The van der Waals surface area contributed by atoms with Gasteiger partial charge in [0, 0.05) is 12.4 Å². The first-order valence-electron chi connectivity index (χ1n) is 4.06. The summed E-state index contributed by atoms with van der Waals surface area (Å²) in [6.07, 6.45) is 6.39. The molecule has 0 saturated heterocycles. The maximum absolute atomic E-state index is 11.3. The molecule has 0 aliphatic carbocycles. The van der Waals surface area contributed by atoms with Crippen LogP contribution in [0, 0.1) is 0 Å². The number of carbonyl (C=O) groups is 1. The van der Waals surface area contributed by atoms with E-state index >= 15 is 0 Å². The van der Waals surface area contributed by atoms with Crippen molar-refractivity contribution in [3.05, 3.63) is 31.4 Å². The largest absolute Gasteiger partial charge is 0.464 e. The van der Waals surface area contributed by atoms with Crippen LogP contribution in [0.25, 0.3) is 0 Å². The second kappa shape index (κ2) is 4.45. The molecule has 0 amide bonds. The zero-order valence-corrected chi connectivity index (χ0v) is 7.51. The summed E-state index contributed by atoms with van der Waals surface area (Å²) >= 11 is 0. The van der Waals surface area contributed by atoms with Crippen molar-refractivity contribution in [2.75, 3.05) is 6.61 Å². The molecule has 0 aliphatic heterocycles. The predicted molar refractivity (Wildman–Crippen MR) is 48.1 cm³/mol. The Bertz CT molecular complexity index is 280. The summed E-state index contributed by atoms with van der Waals surface area (Å²) in [5, 5.41) is 0. The highest BCUT2D eigenvalue weighted by Gasteiger charge is 2.16. The van der Waals surface area contributed by atoms with E-state index in [1.807, 2.05) is 0 Å².